The summed E-state index contributed by atoms with van der Waals surface area (Å²) in [6, 6.07) is 19.5. The minimum atomic E-state index is -0.923. The highest BCUT2D eigenvalue weighted by molar-refractivity contribution is 6.14. The van der Waals surface area contributed by atoms with Gasteiger partial charge in [0, 0.05) is 11.1 Å². The van der Waals surface area contributed by atoms with Crippen molar-refractivity contribution in [1.29, 1.82) is 0 Å². The number of hydrogen-bond donors (Lipinski definition) is 2. The third-order valence-electron chi connectivity index (χ3n) is 5.58. The van der Waals surface area contributed by atoms with Crippen LogP contribution in [0.3, 0.4) is 0 Å². The maximum Gasteiger partial charge on any atom is 0.378 e. The number of aryl methyl sites for hydroxylation is 4. The van der Waals surface area contributed by atoms with Crippen molar-refractivity contribution in [3.63, 3.8) is 0 Å². The summed E-state index contributed by atoms with van der Waals surface area (Å²) in [5, 5.41) is 15.9. The number of aliphatic hydroxyl groups excluding tert-OH is 1. The van der Waals surface area contributed by atoms with Crippen LogP contribution in [0.5, 0.6) is 5.75 Å². The van der Waals surface area contributed by atoms with Crippen molar-refractivity contribution < 1.29 is 14.6 Å². The first-order valence-corrected chi connectivity index (χ1v) is 10.9. The van der Waals surface area contributed by atoms with Crippen molar-refractivity contribution in [3.8, 4) is 5.75 Å². The lowest BCUT2D eigenvalue weighted by Gasteiger charge is -2.29. The number of hydrazone groups is 1. The molecular weight excluding hydrogens is 426 g/mol. The lowest BCUT2D eigenvalue weighted by molar-refractivity contribution is -0.132. The van der Waals surface area contributed by atoms with E-state index in [2.05, 4.69) is 76.1 Å². The average molecular weight is 454 g/mol. The minimum absolute atomic E-state index is 0.237. The van der Waals surface area contributed by atoms with Gasteiger partial charge in [0.05, 0.1) is 11.4 Å². The second kappa shape index (κ2) is 9.27. The van der Waals surface area contributed by atoms with E-state index in [-0.39, 0.29) is 5.75 Å². The lowest BCUT2D eigenvalue weighted by atomic mass is 9.98. The number of carbonyl (C=O) groups is 1. The molecule has 3 aromatic carbocycles. The summed E-state index contributed by atoms with van der Waals surface area (Å²) in [6.07, 6.45) is 2.02. The third-order valence-corrected chi connectivity index (χ3v) is 5.58. The van der Waals surface area contributed by atoms with Crippen LogP contribution in [0, 0.1) is 27.7 Å². The predicted octanol–water partition coefficient (Wildman–Crippen LogP) is 5.67. The fraction of sp³-hybridized carbons (Fsp3) is 0.143. The molecule has 6 nitrogen and oxygen atoms in total. The summed E-state index contributed by atoms with van der Waals surface area (Å²) >= 11 is 0. The molecule has 0 radical (unpaired) electrons. The van der Waals surface area contributed by atoms with E-state index in [1.54, 1.807) is 23.3 Å². The van der Waals surface area contributed by atoms with Crippen LogP contribution in [0.1, 0.15) is 33.4 Å². The van der Waals surface area contributed by atoms with Gasteiger partial charge in [-0.15, -0.1) is 0 Å². The van der Waals surface area contributed by atoms with Gasteiger partial charge in [0.1, 0.15) is 5.69 Å². The Bertz CT molecular complexity index is 1350. The molecule has 3 aromatic rings. The van der Waals surface area contributed by atoms with E-state index >= 15 is 0 Å². The molecule has 0 bridgehead atoms. The summed E-state index contributed by atoms with van der Waals surface area (Å²) < 4.78 is 5.36. The fourth-order valence-corrected chi connectivity index (χ4v) is 3.92. The number of rotatable bonds is 5. The quantitative estimate of drug-likeness (QED) is 0.225. The molecule has 0 saturated carbocycles. The number of nitrogens with one attached hydrogen (secondary N) is 1. The molecule has 0 atom stereocenters. The molecule has 0 aliphatic carbocycles. The highest BCUT2D eigenvalue weighted by Crippen LogP contribution is 2.32. The molecular formula is C28H27N3O3. The van der Waals surface area contributed by atoms with E-state index in [4.69, 9.17) is 9.84 Å². The third kappa shape index (κ3) is 4.71. The van der Waals surface area contributed by atoms with E-state index in [0.717, 1.165) is 33.7 Å². The first kappa shape index (κ1) is 22.9. The molecule has 0 aromatic heterocycles. The number of nitrogens with zero attached hydrogens (tertiary/aromatic N) is 2. The Kier molecular flexibility index (Phi) is 6.23. The smallest absolute Gasteiger partial charge is 0.378 e. The summed E-state index contributed by atoms with van der Waals surface area (Å²) in [4.78, 5) is 12.0. The van der Waals surface area contributed by atoms with Gasteiger partial charge < -0.3 is 9.84 Å². The zero-order valence-electron chi connectivity index (χ0n) is 19.7. The molecule has 6 heteroatoms. The maximum absolute atomic E-state index is 12.0. The number of aliphatic hydroxyl groups is 1. The van der Waals surface area contributed by atoms with Gasteiger partial charge in [-0.3, -0.25) is 5.43 Å². The molecule has 172 valence electrons. The van der Waals surface area contributed by atoms with Crippen molar-refractivity contribution in [3.05, 3.63) is 112 Å². The molecule has 0 fully saturated rings. The Balaban J connectivity index is 1.84. The van der Waals surface area contributed by atoms with Gasteiger partial charge in [0.2, 0.25) is 0 Å². The van der Waals surface area contributed by atoms with Crippen molar-refractivity contribution in [2.24, 2.45) is 5.10 Å². The molecule has 34 heavy (non-hydrogen) atoms. The van der Waals surface area contributed by atoms with Gasteiger partial charge in [0.25, 0.3) is 0 Å². The summed E-state index contributed by atoms with van der Waals surface area (Å²) in [7, 11) is 0. The summed E-state index contributed by atoms with van der Waals surface area (Å²) in [6.45, 7) is 11.5. The number of hydrazine groups is 1. The molecule has 4 rings (SSSR count). The maximum atomic E-state index is 12.0. The highest BCUT2D eigenvalue weighted by atomic mass is 16.5. The van der Waals surface area contributed by atoms with Gasteiger partial charge in [0.15, 0.2) is 11.5 Å². The van der Waals surface area contributed by atoms with E-state index in [1.165, 1.54) is 11.1 Å². The molecule has 0 unspecified atom stereocenters. The zero-order chi connectivity index (χ0) is 24.4. The largest absolute Gasteiger partial charge is 0.502 e. The second-order valence-corrected chi connectivity index (χ2v) is 8.41. The van der Waals surface area contributed by atoms with E-state index in [0.29, 0.717) is 5.69 Å². The highest BCUT2D eigenvalue weighted by Gasteiger charge is 2.23. The van der Waals surface area contributed by atoms with Crippen molar-refractivity contribution in [1.82, 2.24) is 5.43 Å². The van der Waals surface area contributed by atoms with Gasteiger partial charge in [-0.1, -0.05) is 59.7 Å². The molecule has 1 aliphatic heterocycles. The first-order chi connectivity index (χ1) is 16.2. The number of hydrogen-bond acceptors (Lipinski definition) is 6. The van der Waals surface area contributed by atoms with Gasteiger partial charge in [-0.25, -0.2) is 4.79 Å². The predicted molar refractivity (Wildman–Crippen MR) is 136 cm³/mol. The van der Waals surface area contributed by atoms with Crippen molar-refractivity contribution in [2.75, 3.05) is 5.12 Å². The minimum Gasteiger partial charge on any atom is -0.502 e. The van der Waals surface area contributed by atoms with Crippen LogP contribution in [0.25, 0.3) is 5.70 Å². The molecule has 1 aliphatic rings. The molecule has 0 amide bonds. The fourth-order valence-electron chi connectivity index (χ4n) is 3.92. The lowest BCUT2D eigenvalue weighted by Crippen LogP contribution is -2.37. The van der Waals surface area contributed by atoms with E-state index in [9.17, 15) is 9.90 Å². The van der Waals surface area contributed by atoms with E-state index < -0.39 is 11.7 Å². The number of allylic oxidation sites excluding steroid dienone is 1. The van der Waals surface area contributed by atoms with E-state index in [1.807, 2.05) is 12.1 Å². The van der Waals surface area contributed by atoms with Crippen LogP contribution >= 0.6 is 0 Å². The van der Waals surface area contributed by atoms with Crippen LogP contribution in [-0.2, 0) is 4.79 Å². The van der Waals surface area contributed by atoms with Crippen molar-refractivity contribution >= 4 is 23.1 Å². The van der Waals surface area contributed by atoms with Crippen LogP contribution < -0.4 is 15.3 Å². The number of ether oxygens (including phenoxy) is 1. The molecule has 2 N–H and O–H groups in total. The summed E-state index contributed by atoms with van der Waals surface area (Å²) in [5.41, 5.74) is 12.1. The number of benzene rings is 3. The monoisotopic (exact) mass is 453 g/mol. The standard InChI is InChI=1S/C28H27N3O3/c1-17-10-12-22(19(3)14-17)24-16-25(23-13-11-18(2)15-20(23)4)30-31(29-24)26-8-6-7-9-27(26)34-28(33)21(5)32/h6-16,29,32H,5H2,1-4H3. The Morgan fingerprint density at radius 3 is 2.18 bits per heavy atom. The number of para-hydroxylation sites is 2. The molecule has 0 spiro atoms. The average Bonchev–Trinajstić information content (AvgIpc) is 2.79. The molecule has 0 saturated heterocycles. The van der Waals surface area contributed by atoms with Crippen LogP contribution in [0.15, 0.2) is 84.2 Å². The first-order valence-electron chi connectivity index (χ1n) is 10.9. The van der Waals surface area contributed by atoms with Crippen LogP contribution in [0.2, 0.25) is 0 Å². The van der Waals surface area contributed by atoms with Gasteiger partial charge in [-0.2, -0.15) is 10.2 Å². The van der Waals surface area contributed by atoms with Gasteiger partial charge >= 0.3 is 5.97 Å². The molecule has 1 heterocycles. The normalized spacial score (nSPS) is 13.0. The second-order valence-electron chi connectivity index (χ2n) is 8.41. The number of anilines is 1. The topological polar surface area (TPSA) is 74.2 Å². The number of carbonyl (C=O) groups excluding carboxylic acids is 1. The van der Waals surface area contributed by atoms with Crippen LogP contribution in [0.4, 0.5) is 5.69 Å². The Morgan fingerprint density at radius 1 is 0.941 bits per heavy atom. The van der Waals surface area contributed by atoms with Crippen molar-refractivity contribution in [2.45, 2.75) is 27.7 Å². The SMILES string of the molecule is C=C(O)C(=O)Oc1ccccc1N1N=C(c2ccc(C)cc2C)C=C(c2ccc(C)cc2C)N1. The van der Waals surface area contributed by atoms with Crippen LogP contribution in [-0.4, -0.2) is 16.8 Å². The Hall–Kier alpha value is -4.32. The summed E-state index contributed by atoms with van der Waals surface area (Å²) in [5.74, 6) is -1.36. The zero-order valence-corrected chi connectivity index (χ0v) is 19.7. The van der Waals surface area contributed by atoms with Gasteiger partial charge in [-0.05, 0) is 63.6 Å². The number of esters is 1. The Morgan fingerprint density at radius 2 is 1.56 bits per heavy atom. The Labute approximate surface area is 199 Å².